The maximum atomic E-state index is 12.0. The number of unbranched alkanes of at least 4 members (excludes halogenated alkanes) is 11. The molecule has 3 atom stereocenters. The maximum Gasteiger partial charge on any atom is 0.164 e. The number of Topliss-reactive ketones (excluding diaryl/α,β-unsaturated/α-hetero) is 1. The molecule has 1 heterocycles. The van der Waals surface area contributed by atoms with Gasteiger partial charge in [-0.1, -0.05) is 70.4 Å². The number of hydrogen-bond acceptors (Lipinski definition) is 4. The van der Waals surface area contributed by atoms with Crippen LogP contribution in [0.2, 0.25) is 0 Å². The summed E-state index contributed by atoms with van der Waals surface area (Å²) in [6.45, 7) is 2.68. The lowest BCUT2D eigenvalue weighted by molar-refractivity contribution is -0.137. The lowest BCUT2D eigenvalue weighted by Crippen LogP contribution is -2.40. The molecule has 0 unspecified atom stereocenters. The monoisotopic (exact) mass is 382 g/mol. The predicted octanol–water partition coefficient (Wildman–Crippen LogP) is 5.10. The molecule has 4 nitrogen and oxygen atoms in total. The first-order valence-corrected chi connectivity index (χ1v) is 11.3. The molecule has 0 bridgehead atoms. The van der Waals surface area contributed by atoms with Gasteiger partial charge in [-0.05, 0) is 38.5 Å². The normalized spacial score (nSPS) is 21.1. The molecular formula is C23H42O4. The quantitative estimate of drug-likeness (QED) is 0.271. The van der Waals surface area contributed by atoms with E-state index < -0.39 is 18.3 Å². The summed E-state index contributed by atoms with van der Waals surface area (Å²) >= 11 is 0. The first kappa shape index (κ1) is 24.3. The van der Waals surface area contributed by atoms with Crippen LogP contribution in [0.25, 0.3) is 0 Å². The molecule has 0 saturated carbocycles. The number of carbonyl (C=O) groups excluding carboxylic acids is 1. The fourth-order valence-electron chi connectivity index (χ4n) is 3.60. The van der Waals surface area contributed by atoms with Crippen LogP contribution in [-0.2, 0) is 9.53 Å². The number of aliphatic hydroxyl groups excluding tert-OH is 2. The number of rotatable bonds is 17. The number of aliphatic hydroxyl groups is 2. The van der Waals surface area contributed by atoms with E-state index in [9.17, 15) is 15.0 Å². The van der Waals surface area contributed by atoms with Gasteiger partial charge in [0.25, 0.3) is 0 Å². The Morgan fingerprint density at radius 3 is 2.07 bits per heavy atom. The molecule has 1 saturated heterocycles. The number of hydrogen-bond donors (Lipinski definition) is 2. The smallest absolute Gasteiger partial charge is 0.164 e. The van der Waals surface area contributed by atoms with E-state index in [1.165, 1.54) is 57.8 Å². The summed E-state index contributed by atoms with van der Waals surface area (Å²) in [5.74, 6) is -0.196. The highest BCUT2D eigenvalue weighted by molar-refractivity contribution is 5.83. The molecule has 1 aliphatic heterocycles. The Balaban J connectivity index is 1.87. The van der Waals surface area contributed by atoms with Gasteiger partial charge in [-0.2, -0.15) is 0 Å². The molecular weight excluding hydrogens is 340 g/mol. The van der Waals surface area contributed by atoms with Crippen molar-refractivity contribution in [2.45, 2.75) is 122 Å². The summed E-state index contributed by atoms with van der Waals surface area (Å²) in [4.78, 5) is 12.0. The minimum Gasteiger partial charge on any atom is -0.390 e. The molecule has 158 valence electrons. The highest BCUT2D eigenvalue weighted by Crippen LogP contribution is 2.19. The van der Waals surface area contributed by atoms with Crippen molar-refractivity contribution in [3.63, 3.8) is 0 Å². The van der Waals surface area contributed by atoms with Crippen LogP contribution in [0.5, 0.6) is 0 Å². The summed E-state index contributed by atoms with van der Waals surface area (Å²) in [6, 6.07) is 0. The van der Waals surface area contributed by atoms with E-state index in [4.69, 9.17) is 4.74 Å². The Kier molecular flexibility index (Phi) is 14.7. The maximum absolute atomic E-state index is 12.0. The zero-order valence-corrected chi connectivity index (χ0v) is 17.4. The molecule has 0 aliphatic carbocycles. The number of carbonyl (C=O) groups is 1. The highest BCUT2D eigenvalue weighted by Gasteiger charge is 2.36. The van der Waals surface area contributed by atoms with Crippen molar-refractivity contribution in [1.82, 2.24) is 0 Å². The summed E-state index contributed by atoms with van der Waals surface area (Å²) in [5, 5.41) is 19.6. The zero-order chi connectivity index (χ0) is 19.7. The van der Waals surface area contributed by atoms with E-state index >= 15 is 0 Å². The second-order valence-electron chi connectivity index (χ2n) is 7.94. The van der Waals surface area contributed by atoms with E-state index in [0.29, 0.717) is 19.4 Å². The number of ketones is 1. The van der Waals surface area contributed by atoms with Gasteiger partial charge in [-0.3, -0.25) is 4.79 Å². The lowest BCUT2D eigenvalue weighted by Gasteiger charge is -2.19. The Morgan fingerprint density at radius 1 is 0.963 bits per heavy atom. The van der Waals surface area contributed by atoms with Crippen LogP contribution < -0.4 is 0 Å². The second kappa shape index (κ2) is 16.3. The van der Waals surface area contributed by atoms with Gasteiger partial charge in [-0.25, -0.2) is 0 Å². The molecule has 1 fully saturated rings. The predicted molar refractivity (Wildman–Crippen MR) is 111 cm³/mol. The first-order valence-electron chi connectivity index (χ1n) is 11.3. The fourth-order valence-corrected chi connectivity index (χ4v) is 3.60. The van der Waals surface area contributed by atoms with E-state index in [1.54, 1.807) is 0 Å². The average Bonchev–Trinajstić information content (AvgIpc) is 3.10. The van der Waals surface area contributed by atoms with Gasteiger partial charge in [0.1, 0.15) is 12.2 Å². The summed E-state index contributed by atoms with van der Waals surface area (Å²) < 4.78 is 5.25. The van der Waals surface area contributed by atoms with Crippen molar-refractivity contribution in [3.8, 4) is 0 Å². The van der Waals surface area contributed by atoms with Crippen molar-refractivity contribution in [2.24, 2.45) is 0 Å². The molecule has 1 aliphatic rings. The van der Waals surface area contributed by atoms with Crippen molar-refractivity contribution >= 4 is 5.78 Å². The van der Waals surface area contributed by atoms with Crippen LogP contribution in [0.3, 0.4) is 0 Å². The van der Waals surface area contributed by atoms with Gasteiger partial charge >= 0.3 is 0 Å². The van der Waals surface area contributed by atoms with Gasteiger partial charge in [0.05, 0.1) is 6.10 Å². The van der Waals surface area contributed by atoms with Gasteiger partial charge in [-0.15, -0.1) is 0 Å². The summed E-state index contributed by atoms with van der Waals surface area (Å²) in [7, 11) is 0. The Morgan fingerprint density at radius 2 is 1.52 bits per heavy atom. The average molecular weight is 383 g/mol. The van der Waals surface area contributed by atoms with Crippen LogP contribution in [0.1, 0.15) is 103 Å². The summed E-state index contributed by atoms with van der Waals surface area (Å²) in [6.07, 6.45) is 18.8. The molecule has 0 radical (unpaired) electrons. The topological polar surface area (TPSA) is 66.8 Å². The van der Waals surface area contributed by atoms with Crippen molar-refractivity contribution in [3.05, 3.63) is 12.2 Å². The van der Waals surface area contributed by atoms with Crippen LogP contribution in [-0.4, -0.2) is 40.9 Å². The van der Waals surface area contributed by atoms with Crippen LogP contribution in [0.15, 0.2) is 12.2 Å². The van der Waals surface area contributed by atoms with Crippen LogP contribution >= 0.6 is 0 Å². The second-order valence-corrected chi connectivity index (χ2v) is 7.94. The van der Waals surface area contributed by atoms with E-state index in [-0.39, 0.29) is 5.78 Å². The minimum atomic E-state index is -1.17. The Hall–Kier alpha value is -0.710. The molecule has 4 heteroatoms. The van der Waals surface area contributed by atoms with E-state index in [0.717, 1.165) is 25.7 Å². The van der Waals surface area contributed by atoms with Gasteiger partial charge in [0, 0.05) is 13.0 Å². The molecule has 2 N–H and O–H groups in total. The van der Waals surface area contributed by atoms with Gasteiger partial charge in [0.15, 0.2) is 5.78 Å². The van der Waals surface area contributed by atoms with Gasteiger partial charge in [0.2, 0.25) is 0 Å². The molecule has 0 amide bonds. The van der Waals surface area contributed by atoms with Crippen molar-refractivity contribution in [1.29, 1.82) is 0 Å². The molecule has 1 rings (SSSR count). The van der Waals surface area contributed by atoms with E-state index in [1.807, 2.05) is 0 Å². The first-order chi connectivity index (χ1) is 13.2. The third kappa shape index (κ3) is 11.7. The Bertz CT molecular complexity index is 394. The standard InChI is InChI=1S/C23H42O4/c1-2-3-4-5-6-7-8-9-10-11-12-13-14-15-16-17-20(24)22(26)23-21(25)18-19-27-23/h9-10,21-23,25-26H,2-8,11-19H2,1H3/b10-9-/t21-,22+,23+/m1/s1. The molecule has 0 spiro atoms. The number of ether oxygens (including phenoxy) is 1. The molecule has 0 aromatic carbocycles. The Labute approximate surface area is 166 Å². The van der Waals surface area contributed by atoms with Crippen molar-refractivity contribution in [2.75, 3.05) is 6.61 Å². The molecule has 27 heavy (non-hydrogen) atoms. The van der Waals surface area contributed by atoms with Crippen LogP contribution in [0.4, 0.5) is 0 Å². The van der Waals surface area contributed by atoms with Crippen molar-refractivity contribution < 1.29 is 19.7 Å². The molecule has 0 aromatic heterocycles. The zero-order valence-electron chi connectivity index (χ0n) is 17.4. The third-order valence-electron chi connectivity index (χ3n) is 5.43. The fraction of sp³-hybridized carbons (Fsp3) is 0.870. The molecule has 0 aromatic rings. The van der Waals surface area contributed by atoms with Crippen LogP contribution in [0, 0.1) is 0 Å². The largest absolute Gasteiger partial charge is 0.390 e. The minimum absolute atomic E-state index is 0.196. The van der Waals surface area contributed by atoms with E-state index in [2.05, 4.69) is 19.1 Å². The third-order valence-corrected chi connectivity index (χ3v) is 5.43. The summed E-state index contributed by atoms with van der Waals surface area (Å²) in [5.41, 5.74) is 0. The lowest BCUT2D eigenvalue weighted by atomic mass is 9.99. The highest BCUT2D eigenvalue weighted by atomic mass is 16.5. The SMILES string of the molecule is CCCCCCCC/C=C\CCCCCCCC(=O)[C@H](O)[C@H]1OCC[C@H]1O. The number of allylic oxidation sites excluding steroid dienone is 2. The van der Waals surface area contributed by atoms with Gasteiger partial charge < -0.3 is 14.9 Å².